The van der Waals surface area contributed by atoms with E-state index < -0.39 is 36.0 Å². The van der Waals surface area contributed by atoms with Gasteiger partial charge in [0.1, 0.15) is 18.7 Å². The Labute approximate surface area is 223 Å². The number of ketones is 1. The van der Waals surface area contributed by atoms with Crippen LogP contribution in [0.2, 0.25) is 0 Å². The van der Waals surface area contributed by atoms with E-state index in [-0.39, 0.29) is 35.5 Å². The molecule has 0 saturated carbocycles. The summed E-state index contributed by atoms with van der Waals surface area (Å²) in [5.74, 6) is -0.561. The smallest absolute Gasteiger partial charge is 0.408 e. The average Bonchev–Trinajstić information content (AvgIpc) is 2.80. The number of rotatable bonds is 15. The molecule has 9 heteroatoms. The van der Waals surface area contributed by atoms with Crippen molar-refractivity contribution < 1.29 is 23.9 Å². The van der Waals surface area contributed by atoms with Crippen LogP contribution in [0.25, 0.3) is 0 Å². The minimum atomic E-state index is -0.869. The molecule has 0 radical (unpaired) electrons. The first-order valence-electron chi connectivity index (χ1n) is 12.6. The van der Waals surface area contributed by atoms with E-state index in [1.165, 1.54) is 0 Å². The molecular weight excluding hydrogens is 526 g/mol. The second-order valence-electron chi connectivity index (χ2n) is 10.4. The Balaban J connectivity index is 2.91. The summed E-state index contributed by atoms with van der Waals surface area (Å²) in [7, 11) is 0. The Morgan fingerprint density at radius 3 is 1.64 bits per heavy atom. The van der Waals surface area contributed by atoms with Crippen LogP contribution in [0.3, 0.4) is 0 Å². The van der Waals surface area contributed by atoms with Gasteiger partial charge in [-0.2, -0.15) is 0 Å². The van der Waals surface area contributed by atoms with Crippen LogP contribution in [0.15, 0.2) is 30.3 Å². The molecule has 36 heavy (non-hydrogen) atoms. The highest BCUT2D eigenvalue weighted by atomic mass is 79.9. The highest BCUT2D eigenvalue weighted by Gasteiger charge is 2.30. The monoisotopic (exact) mass is 567 g/mol. The molecule has 1 aromatic carbocycles. The maximum atomic E-state index is 13.2. The fourth-order valence-electron chi connectivity index (χ4n) is 3.69. The third kappa shape index (κ3) is 12.5. The van der Waals surface area contributed by atoms with Gasteiger partial charge in [-0.25, -0.2) is 4.79 Å². The third-order valence-corrected chi connectivity index (χ3v) is 5.97. The van der Waals surface area contributed by atoms with Gasteiger partial charge in [0, 0.05) is 0 Å². The number of alkyl halides is 1. The van der Waals surface area contributed by atoms with Crippen molar-refractivity contribution in [2.24, 2.45) is 17.8 Å². The Bertz CT molecular complexity index is 845. The summed E-state index contributed by atoms with van der Waals surface area (Å²) in [5, 5.41) is 8.41. The van der Waals surface area contributed by atoms with E-state index in [4.69, 9.17) is 4.74 Å². The first-order valence-corrected chi connectivity index (χ1v) is 13.7. The molecule has 0 fully saturated rings. The average molecular weight is 569 g/mol. The van der Waals surface area contributed by atoms with E-state index in [0.717, 1.165) is 5.56 Å². The van der Waals surface area contributed by atoms with E-state index in [9.17, 15) is 19.2 Å². The zero-order valence-electron chi connectivity index (χ0n) is 22.3. The van der Waals surface area contributed by atoms with Gasteiger partial charge in [0.05, 0.1) is 11.4 Å². The van der Waals surface area contributed by atoms with Crippen LogP contribution in [0.4, 0.5) is 4.79 Å². The summed E-state index contributed by atoms with van der Waals surface area (Å²) < 4.78 is 5.28. The van der Waals surface area contributed by atoms with Crippen LogP contribution < -0.4 is 16.0 Å². The number of ether oxygens (including phenoxy) is 1. The lowest BCUT2D eigenvalue weighted by molar-refractivity contribution is -0.132. The molecule has 202 valence electrons. The quantitative estimate of drug-likeness (QED) is 0.272. The summed E-state index contributed by atoms with van der Waals surface area (Å²) in [6.07, 6.45) is 0.565. The van der Waals surface area contributed by atoms with E-state index >= 15 is 0 Å². The lowest BCUT2D eigenvalue weighted by Crippen LogP contribution is -2.56. The molecule has 0 saturated heterocycles. The van der Waals surface area contributed by atoms with Crippen molar-refractivity contribution in [1.29, 1.82) is 0 Å². The maximum absolute atomic E-state index is 13.2. The first kappa shape index (κ1) is 31.6. The van der Waals surface area contributed by atoms with Gasteiger partial charge in [-0.3, -0.25) is 14.4 Å². The number of carbonyl (C=O) groups excluding carboxylic acids is 4. The first-order chi connectivity index (χ1) is 16.9. The molecular formula is C27H42BrN3O5. The number of nitrogens with one attached hydrogen (secondary N) is 3. The van der Waals surface area contributed by atoms with Crippen molar-refractivity contribution in [2.75, 3.05) is 5.33 Å². The summed E-state index contributed by atoms with van der Waals surface area (Å²) in [4.78, 5) is 51.1. The number of hydrogen-bond acceptors (Lipinski definition) is 5. The molecule has 0 bridgehead atoms. The second-order valence-corrected chi connectivity index (χ2v) is 10.9. The Morgan fingerprint density at radius 2 is 1.17 bits per heavy atom. The zero-order valence-corrected chi connectivity index (χ0v) is 23.9. The summed E-state index contributed by atoms with van der Waals surface area (Å²) in [5.41, 5.74) is 0.833. The van der Waals surface area contributed by atoms with Gasteiger partial charge in [-0.15, -0.1) is 0 Å². The minimum Gasteiger partial charge on any atom is -0.445 e. The van der Waals surface area contributed by atoms with Crippen molar-refractivity contribution in [2.45, 2.75) is 85.5 Å². The van der Waals surface area contributed by atoms with Crippen molar-refractivity contribution in [3.05, 3.63) is 35.9 Å². The molecule has 0 unspecified atom stereocenters. The summed E-state index contributed by atoms with van der Waals surface area (Å²) in [6, 6.07) is 6.91. The SMILES string of the molecule is CC(C)C[C@H](NC(=O)[C@H](CC(C)C)NC(=O)[C@H](CC(C)C)NC(=O)OCc1ccccc1)C(=O)CBr. The van der Waals surface area contributed by atoms with Crippen molar-refractivity contribution in [3.63, 3.8) is 0 Å². The van der Waals surface area contributed by atoms with Gasteiger partial charge in [-0.1, -0.05) is 87.8 Å². The highest BCUT2D eigenvalue weighted by molar-refractivity contribution is 9.09. The molecule has 8 nitrogen and oxygen atoms in total. The lowest BCUT2D eigenvalue weighted by Gasteiger charge is -2.27. The molecule has 0 aromatic heterocycles. The number of alkyl carbamates (subject to hydrolysis) is 1. The van der Waals surface area contributed by atoms with E-state index in [1.807, 2.05) is 71.9 Å². The fourth-order valence-corrected chi connectivity index (χ4v) is 4.08. The molecule has 0 heterocycles. The summed E-state index contributed by atoms with van der Waals surface area (Å²) in [6.45, 7) is 11.8. The Morgan fingerprint density at radius 1 is 0.722 bits per heavy atom. The lowest BCUT2D eigenvalue weighted by atomic mass is 9.98. The fraction of sp³-hybridized carbons (Fsp3) is 0.630. The van der Waals surface area contributed by atoms with Crippen molar-refractivity contribution in [1.82, 2.24) is 16.0 Å². The Kier molecular flexibility index (Phi) is 14.4. The van der Waals surface area contributed by atoms with Crippen LogP contribution in [0, 0.1) is 17.8 Å². The largest absolute Gasteiger partial charge is 0.445 e. The van der Waals surface area contributed by atoms with E-state index in [1.54, 1.807) is 0 Å². The summed E-state index contributed by atoms with van der Waals surface area (Å²) >= 11 is 3.18. The normalized spacial score (nSPS) is 13.7. The second kappa shape index (κ2) is 16.3. The third-order valence-electron chi connectivity index (χ3n) is 5.41. The molecule has 1 aromatic rings. The molecule has 0 aliphatic heterocycles. The number of Topliss-reactive ketones (excluding diaryl/α,β-unsaturated/α-hetero) is 1. The molecule has 0 aliphatic rings. The molecule has 0 spiro atoms. The predicted octanol–water partition coefficient (Wildman–Crippen LogP) is 4.35. The maximum Gasteiger partial charge on any atom is 0.408 e. The standard InChI is InChI=1S/C27H42BrN3O5/c1-17(2)12-21(24(32)15-28)29-25(33)22(13-18(3)4)30-26(34)23(14-19(5)6)31-27(35)36-16-20-10-8-7-9-11-20/h7-11,17-19,21-23H,12-16H2,1-6H3,(H,29,33)(H,30,34)(H,31,35)/t21-,22-,23-/m0/s1. The van der Waals surface area contributed by atoms with Gasteiger partial charge in [0.25, 0.3) is 0 Å². The van der Waals surface area contributed by atoms with Gasteiger partial charge in [-0.05, 0) is 42.6 Å². The number of halogens is 1. The van der Waals surface area contributed by atoms with Crippen LogP contribution in [0.1, 0.15) is 66.4 Å². The van der Waals surface area contributed by atoms with E-state index in [0.29, 0.717) is 19.3 Å². The molecule has 3 amide bonds. The topological polar surface area (TPSA) is 114 Å². The Hall–Kier alpha value is -2.42. The van der Waals surface area contributed by atoms with Gasteiger partial charge in [0.15, 0.2) is 5.78 Å². The van der Waals surface area contributed by atoms with Gasteiger partial charge < -0.3 is 20.7 Å². The van der Waals surface area contributed by atoms with Crippen LogP contribution >= 0.6 is 15.9 Å². The van der Waals surface area contributed by atoms with Crippen LogP contribution in [0.5, 0.6) is 0 Å². The van der Waals surface area contributed by atoms with E-state index in [2.05, 4.69) is 31.9 Å². The predicted molar refractivity (Wildman–Crippen MR) is 145 cm³/mol. The molecule has 0 aliphatic carbocycles. The number of benzene rings is 1. The van der Waals surface area contributed by atoms with Crippen LogP contribution in [-0.2, 0) is 25.7 Å². The van der Waals surface area contributed by atoms with Crippen LogP contribution in [-0.4, -0.2) is 47.1 Å². The van der Waals surface area contributed by atoms with Gasteiger partial charge in [0.2, 0.25) is 11.8 Å². The molecule has 1 rings (SSSR count). The molecule has 3 N–H and O–H groups in total. The zero-order chi connectivity index (χ0) is 27.3. The minimum absolute atomic E-state index is 0.0832. The number of amides is 3. The van der Waals surface area contributed by atoms with Crippen molar-refractivity contribution in [3.8, 4) is 0 Å². The number of carbonyl (C=O) groups is 4. The van der Waals surface area contributed by atoms with Crippen molar-refractivity contribution >= 4 is 39.6 Å². The van der Waals surface area contributed by atoms with Gasteiger partial charge >= 0.3 is 6.09 Å². The highest BCUT2D eigenvalue weighted by Crippen LogP contribution is 2.12. The molecule has 3 atom stereocenters. The number of hydrogen-bond donors (Lipinski definition) is 3.